The summed E-state index contributed by atoms with van der Waals surface area (Å²) in [6.45, 7) is 7.02. The van der Waals surface area contributed by atoms with E-state index in [4.69, 9.17) is 0 Å². The van der Waals surface area contributed by atoms with Crippen LogP contribution in [0, 0.1) is 12.3 Å². The SMILES string of the molecule is Cc1cc2c(c3ccccc13)CCC(C)(C)CC2Br. The quantitative estimate of drug-likeness (QED) is 0.416. The van der Waals surface area contributed by atoms with E-state index in [0.717, 1.165) is 0 Å². The lowest BCUT2D eigenvalue weighted by Crippen LogP contribution is -2.11. The van der Waals surface area contributed by atoms with Gasteiger partial charge >= 0.3 is 0 Å². The molecule has 1 heteroatoms. The van der Waals surface area contributed by atoms with E-state index in [1.54, 1.807) is 5.56 Å². The average Bonchev–Trinajstić information content (AvgIpc) is 2.47. The summed E-state index contributed by atoms with van der Waals surface area (Å²) in [7, 11) is 0. The van der Waals surface area contributed by atoms with Gasteiger partial charge in [0.05, 0.1) is 0 Å². The predicted molar refractivity (Wildman–Crippen MR) is 87.1 cm³/mol. The topological polar surface area (TPSA) is 0 Å². The third-order valence-corrected chi connectivity index (χ3v) is 5.34. The maximum Gasteiger partial charge on any atom is 0.0403 e. The van der Waals surface area contributed by atoms with E-state index in [1.165, 1.54) is 41.2 Å². The van der Waals surface area contributed by atoms with Crippen molar-refractivity contribution < 1.29 is 0 Å². The first kappa shape index (κ1) is 13.2. The van der Waals surface area contributed by atoms with E-state index in [1.807, 2.05) is 0 Å². The van der Waals surface area contributed by atoms with Crippen LogP contribution in [0.25, 0.3) is 10.8 Å². The molecule has 1 aliphatic rings. The molecule has 100 valence electrons. The molecular formula is C18H21Br. The van der Waals surface area contributed by atoms with Gasteiger partial charge in [0.1, 0.15) is 0 Å². The lowest BCUT2D eigenvalue weighted by molar-refractivity contribution is 0.316. The molecule has 0 bridgehead atoms. The Morgan fingerprint density at radius 2 is 1.84 bits per heavy atom. The molecular weight excluding hydrogens is 296 g/mol. The van der Waals surface area contributed by atoms with E-state index < -0.39 is 0 Å². The summed E-state index contributed by atoms with van der Waals surface area (Å²) < 4.78 is 0. The van der Waals surface area contributed by atoms with Crippen LogP contribution < -0.4 is 0 Å². The van der Waals surface area contributed by atoms with Crippen molar-refractivity contribution in [2.75, 3.05) is 0 Å². The number of hydrogen-bond acceptors (Lipinski definition) is 0. The third-order valence-electron chi connectivity index (χ3n) is 4.52. The zero-order valence-electron chi connectivity index (χ0n) is 12.0. The molecule has 2 aromatic carbocycles. The number of halogens is 1. The molecule has 0 aromatic heterocycles. The Morgan fingerprint density at radius 1 is 1.16 bits per heavy atom. The fourth-order valence-corrected chi connectivity index (χ4v) is 4.65. The molecule has 1 aliphatic carbocycles. The van der Waals surface area contributed by atoms with Gasteiger partial charge in [-0.1, -0.05) is 60.1 Å². The number of benzene rings is 2. The monoisotopic (exact) mass is 316 g/mol. The predicted octanol–water partition coefficient (Wildman–Crippen LogP) is 5.95. The van der Waals surface area contributed by atoms with E-state index in [9.17, 15) is 0 Å². The summed E-state index contributed by atoms with van der Waals surface area (Å²) in [6, 6.07) is 11.3. The highest BCUT2D eigenvalue weighted by atomic mass is 79.9. The van der Waals surface area contributed by atoms with Crippen molar-refractivity contribution in [3.8, 4) is 0 Å². The maximum atomic E-state index is 3.93. The fourth-order valence-electron chi connectivity index (χ4n) is 3.36. The van der Waals surface area contributed by atoms with Crippen LogP contribution >= 0.6 is 15.9 Å². The summed E-state index contributed by atoms with van der Waals surface area (Å²) in [4.78, 5) is 0.489. The molecule has 19 heavy (non-hydrogen) atoms. The second kappa shape index (κ2) is 4.63. The highest BCUT2D eigenvalue weighted by molar-refractivity contribution is 9.09. The zero-order chi connectivity index (χ0) is 13.6. The molecule has 0 N–H and O–H groups in total. The molecule has 1 unspecified atom stereocenters. The van der Waals surface area contributed by atoms with Crippen molar-refractivity contribution in [1.29, 1.82) is 0 Å². The largest absolute Gasteiger partial charge is 0.0838 e. The highest BCUT2D eigenvalue weighted by Gasteiger charge is 2.29. The van der Waals surface area contributed by atoms with Gasteiger partial charge in [0.25, 0.3) is 0 Å². The van der Waals surface area contributed by atoms with E-state index in [-0.39, 0.29) is 0 Å². The minimum Gasteiger partial charge on any atom is -0.0838 e. The van der Waals surface area contributed by atoms with Crippen LogP contribution in [0.15, 0.2) is 30.3 Å². The van der Waals surface area contributed by atoms with E-state index >= 15 is 0 Å². The minimum atomic E-state index is 0.419. The molecule has 0 nitrogen and oxygen atoms in total. The number of hydrogen-bond donors (Lipinski definition) is 0. The Bertz CT molecular complexity index is 625. The number of fused-ring (bicyclic) bond motifs is 3. The molecule has 0 aliphatic heterocycles. The highest BCUT2D eigenvalue weighted by Crippen LogP contribution is 2.45. The van der Waals surface area contributed by atoms with Gasteiger partial charge in [-0.05, 0) is 59.1 Å². The Labute approximate surface area is 124 Å². The summed E-state index contributed by atoms with van der Waals surface area (Å²) in [5, 5.41) is 2.88. The van der Waals surface area contributed by atoms with Gasteiger partial charge in [-0.15, -0.1) is 0 Å². The van der Waals surface area contributed by atoms with Gasteiger partial charge in [0, 0.05) is 4.83 Å². The second-order valence-corrected chi connectivity index (χ2v) is 7.75. The number of alkyl halides is 1. The number of rotatable bonds is 0. The Kier molecular flexibility index (Phi) is 3.21. The lowest BCUT2D eigenvalue weighted by atomic mass is 9.84. The number of aryl methyl sites for hydroxylation is 2. The van der Waals surface area contributed by atoms with E-state index in [2.05, 4.69) is 67.0 Å². The molecule has 0 amide bonds. The fraction of sp³-hybridized carbons (Fsp3) is 0.444. The smallest absolute Gasteiger partial charge is 0.0403 e. The van der Waals surface area contributed by atoms with Gasteiger partial charge < -0.3 is 0 Å². The van der Waals surface area contributed by atoms with Gasteiger partial charge in [-0.25, -0.2) is 0 Å². The minimum absolute atomic E-state index is 0.419. The van der Waals surface area contributed by atoms with Crippen molar-refractivity contribution in [3.05, 3.63) is 47.0 Å². The molecule has 0 saturated carbocycles. The van der Waals surface area contributed by atoms with Crippen molar-refractivity contribution >= 4 is 26.7 Å². The second-order valence-electron chi connectivity index (χ2n) is 6.64. The first-order valence-electron chi connectivity index (χ1n) is 7.13. The van der Waals surface area contributed by atoms with Gasteiger partial charge in [-0.2, -0.15) is 0 Å². The van der Waals surface area contributed by atoms with Crippen LogP contribution in [-0.2, 0) is 6.42 Å². The molecule has 0 saturated heterocycles. The van der Waals surface area contributed by atoms with Crippen molar-refractivity contribution in [1.82, 2.24) is 0 Å². The van der Waals surface area contributed by atoms with Gasteiger partial charge in [0.15, 0.2) is 0 Å². The van der Waals surface area contributed by atoms with Crippen molar-refractivity contribution in [2.45, 2.75) is 44.9 Å². The summed E-state index contributed by atoms with van der Waals surface area (Å²) in [6.07, 6.45) is 3.69. The van der Waals surface area contributed by atoms with Gasteiger partial charge in [-0.3, -0.25) is 0 Å². The summed E-state index contributed by atoms with van der Waals surface area (Å²) in [5.74, 6) is 0. The molecule has 0 radical (unpaired) electrons. The van der Waals surface area contributed by atoms with Crippen molar-refractivity contribution in [3.63, 3.8) is 0 Å². The first-order valence-corrected chi connectivity index (χ1v) is 8.05. The third kappa shape index (κ3) is 2.33. The molecule has 0 spiro atoms. The maximum absolute atomic E-state index is 3.93. The molecule has 3 rings (SSSR count). The Hall–Kier alpha value is -0.820. The van der Waals surface area contributed by atoms with Crippen LogP contribution in [-0.4, -0.2) is 0 Å². The van der Waals surface area contributed by atoms with E-state index in [0.29, 0.717) is 10.2 Å². The summed E-state index contributed by atoms with van der Waals surface area (Å²) >= 11 is 3.93. The molecule has 0 fully saturated rings. The first-order chi connectivity index (χ1) is 8.98. The molecule has 0 heterocycles. The normalized spacial score (nSPS) is 22.0. The van der Waals surface area contributed by atoms with Gasteiger partial charge in [0.2, 0.25) is 0 Å². The Morgan fingerprint density at radius 3 is 2.58 bits per heavy atom. The Balaban J connectivity index is 2.26. The summed E-state index contributed by atoms with van der Waals surface area (Å²) in [5.41, 5.74) is 4.90. The zero-order valence-corrected chi connectivity index (χ0v) is 13.5. The van der Waals surface area contributed by atoms with Crippen LogP contribution in [0.3, 0.4) is 0 Å². The van der Waals surface area contributed by atoms with Crippen LogP contribution in [0.4, 0.5) is 0 Å². The standard InChI is InChI=1S/C18H21Br/c1-12-10-16-15(14-7-5-4-6-13(12)14)8-9-18(2,3)11-17(16)19/h4-7,10,17H,8-9,11H2,1-3H3. The van der Waals surface area contributed by atoms with Crippen LogP contribution in [0.5, 0.6) is 0 Å². The van der Waals surface area contributed by atoms with Crippen LogP contribution in [0.1, 0.15) is 48.2 Å². The average molecular weight is 317 g/mol. The molecule has 2 aromatic rings. The lowest BCUT2D eigenvalue weighted by Gasteiger charge is -2.24. The molecule has 1 atom stereocenters. The van der Waals surface area contributed by atoms with Crippen LogP contribution in [0.2, 0.25) is 0 Å². The van der Waals surface area contributed by atoms with Crippen molar-refractivity contribution in [2.24, 2.45) is 5.41 Å².